The van der Waals surface area contributed by atoms with Crippen LogP contribution >= 0.6 is 0 Å². The Balaban J connectivity index is 1.71. The lowest BCUT2D eigenvalue weighted by molar-refractivity contribution is -0.106. The molecular formula is C17H34O. The van der Waals surface area contributed by atoms with Crippen LogP contribution in [0.25, 0.3) is 0 Å². The Morgan fingerprint density at radius 3 is 1.56 bits per heavy atom. The van der Waals surface area contributed by atoms with Crippen LogP contribution in [-0.2, 0) is 4.74 Å². The molecule has 0 aromatic carbocycles. The Bertz CT molecular complexity index is 184. The van der Waals surface area contributed by atoms with Gasteiger partial charge in [-0.05, 0) is 6.42 Å². The predicted octanol–water partition coefficient (Wildman–Crippen LogP) is 5.72. The molecule has 0 saturated carbocycles. The molecule has 1 aliphatic rings. The first-order valence-corrected chi connectivity index (χ1v) is 8.35. The van der Waals surface area contributed by atoms with Crippen molar-refractivity contribution < 1.29 is 4.74 Å². The molecule has 0 aromatic heterocycles. The fourth-order valence-electron chi connectivity index (χ4n) is 2.81. The first-order chi connectivity index (χ1) is 8.77. The molecular weight excluding hydrogens is 220 g/mol. The highest BCUT2D eigenvalue weighted by atomic mass is 16.5. The highest BCUT2D eigenvalue weighted by Crippen LogP contribution is 2.32. The summed E-state index contributed by atoms with van der Waals surface area (Å²) in [5, 5.41) is 0. The van der Waals surface area contributed by atoms with Crippen molar-refractivity contribution in [3.63, 3.8) is 0 Å². The molecule has 18 heavy (non-hydrogen) atoms. The Morgan fingerprint density at radius 2 is 1.17 bits per heavy atom. The number of hydrogen-bond donors (Lipinski definition) is 0. The zero-order valence-corrected chi connectivity index (χ0v) is 12.8. The van der Waals surface area contributed by atoms with Crippen molar-refractivity contribution in [3.8, 4) is 0 Å². The number of ether oxygens (including phenoxy) is 1. The summed E-state index contributed by atoms with van der Waals surface area (Å²) in [7, 11) is 0. The molecule has 0 radical (unpaired) electrons. The van der Waals surface area contributed by atoms with Crippen LogP contribution in [0.3, 0.4) is 0 Å². The summed E-state index contributed by atoms with van der Waals surface area (Å²) in [6, 6.07) is 0. The smallest absolute Gasteiger partial charge is 0.0542 e. The van der Waals surface area contributed by atoms with Gasteiger partial charge in [-0.25, -0.2) is 0 Å². The molecule has 108 valence electrons. The van der Waals surface area contributed by atoms with Crippen molar-refractivity contribution in [1.29, 1.82) is 0 Å². The second-order valence-corrected chi connectivity index (χ2v) is 6.59. The largest absolute Gasteiger partial charge is 0.380 e. The molecule has 1 saturated heterocycles. The van der Waals surface area contributed by atoms with E-state index in [1.165, 1.54) is 77.0 Å². The minimum Gasteiger partial charge on any atom is -0.380 e. The van der Waals surface area contributed by atoms with Gasteiger partial charge in [0.1, 0.15) is 0 Å². The molecule has 0 bridgehead atoms. The van der Waals surface area contributed by atoms with Crippen LogP contribution in [0.2, 0.25) is 0 Å². The van der Waals surface area contributed by atoms with E-state index in [4.69, 9.17) is 4.74 Å². The van der Waals surface area contributed by atoms with E-state index in [9.17, 15) is 0 Å². The SMILES string of the molecule is CCCCCCCCCCCCCC1(C)COC1. The van der Waals surface area contributed by atoms with E-state index in [2.05, 4.69) is 13.8 Å². The van der Waals surface area contributed by atoms with Gasteiger partial charge in [-0.2, -0.15) is 0 Å². The molecule has 0 aromatic rings. The highest BCUT2D eigenvalue weighted by molar-refractivity contribution is 4.80. The van der Waals surface area contributed by atoms with Gasteiger partial charge in [-0.3, -0.25) is 0 Å². The second-order valence-electron chi connectivity index (χ2n) is 6.59. The van der Waals surface area contributed by atoms with Gasteiger partial charge < -0.3 is 4.74 Å². The number of hydrogen-bond acceptors (Lipinski definition) is 1. The van der Waals surface area contributed by atoms with Crippen LogP contribution in [0.5, 0.6) is 0 Å². The van der Waals surface area contributed by atoms with Crippen LogP contribution in [0, 0.1) is 5.41 Å². The zero-order valence-electron chi connectivity index (χ0n) is 12.8. The summed E-state index contributed by atoms with van der Waals surface area (Å²) in [5.74, 6) is 0. The predicted molar refractivity (Wildman–Crippen MR) is 80.0 cm³/mol. The molecule has 0 N–H and O–H groups in total. The van der Waals surface area contributed by atoms with Crippen LogP contribution in [0.4, 0.5) is 0 Å². The molecule has 0 amide bonds. The van der Waals surface area contributed by atoms with Gasteiger partial charge in [0, 0.05) is 5.41 Å². The van der Waals surface area contributed by atoms with Crippen LogP contribution in [-0.4, -0.2) is 13.2 Å². The molecule has 1 nitrogen and oxygen atoms in total. The van der Waals surface area contributed by atoms with Crippen molar-refractivity contribution >= 4 is 0 Å². The molecule has 0 aliphatic carbocycles. The third-order valence-corrected chi connectivity index (χ3v) is 4.28. The summed E-state index contributed by atoms with van der Waals surface area (Å²) < 4.78 is 5.29. The average Bonchev–Trinajstić information content (AvgIpc) is 2.34. The molecule has 1 fully saturated rings. The van der Waals surface area contributed by atoms with Crippen molar-refractivity contribution in [2.24, 2.45) is 5.41 Å². The second kappa shape index (κ2) is 9.83. The van der Waals surface area contributed by atoms with E-state index in [0.29, 0.717) is 5.41 Å². The molecule has 1 heteroatoms. The molecule has 0 unspecified atom stereocenters. The Labute approximate surface area is 115 Å². The number of rotatable bonds is 12. The molecule has 1 heterocycles. The van der Waals surface area contributed by atoms with Crippen LogP contribution < -0.4 is 0 Å². The van der Waals surface area contributed by atoms with E-state index in [1.54, 1.807) is 0 Å². The van der Waals surface area contributed by atoms with Gasteiger partial charge in [-0.15, -0.1) is 0 Å². The van der Waals surface area contributed by atoms with Gasteiger partial charge in [0.15, 0.2) is 0 Å². The van der Waals surface area contributed by atoms with Crippen LogP contribution in [0.1, 0.15) is 90.9 Å². The molecule has 1 rings (SSSR count). The summed E-state index contributed by atoms with van der Waals surface area (Å²) in [6.45, 7) is 6.67. The van der Waals surface area contributed by atoms with E-state index in [0.717, 1.165) is 13.2 Å². The average molecular weight is 254 g/mol. The fourth-order valence-corrected chi connectivity index (χ4v) is 2.81. The first-order valence-electron chi connectivity index (χ1n) is 8.35. The van der Waals surface area contributed by atoms with E-state index >= 15 is 0 Å². The van der Waals surface area contributed by atoms with Crippen molar-refractivity contribution in [2.75, 3.05) is 13.2 Å². The van der Waals surface area contributed by atoms with Gasteiger partial charge in [0.05, 0.1) is 13.2 Å². The van der Waals surface area contributed by atoms with Gasteiger partial charge >= 0.3 is 0 Å². The molecule has 0 atom stereocenters. The molecule has 1 aliphatic heterocycles. The lowest BCUT2D eigenvalue weighted by Gasteiger charge is -2.38. The maximum atomic E-state index is 5.29. The van der Waals surface area contributed by atoms with E-state index in [-0.39, 0.29) is 0 Å². The Morgan fingerprint density at radius 1 is 0.722 bits per heavy atom. The number of unbranched alkanes of at least 4 members (excludes halogenated alkanes) is 10. The van der Waals surface area contributed by atoms with Crippen molar-refractivity contribution in [2.45, 2.75) is 90.9 Å². The monoisotopic (exact) mass is 254 g/mol. The summed E-state index contributed by atoms with van der Waals surface area (Å²) in [4.78, 5) is 0. The fraction of sp³-hybridized carbons (Fsp3) is 1.00. The maximum absolute atomic E-state index is 5.29. The minimum atomic E-state index is 0.541. The van der Waals surface area contributed by atoms with Crippen molar-refractivity contribution in [3.05, 3.63) is 0 Å². The lowest BCUT2D eigenvalue weighted by atomic mass is 9.83. The van der Waals surface area contributed by atoms with Crippen LogP contribution in [0.15, 0.2) is 0 Å². The maximum Gasteiger partial charge on any atom is 0.0542 e. The first kappa shape index (κ1) is 16.0. The van der Waals surface area contributed by atoms with Gasteiger partial charge in [0.2, 0.25) is 0 Å². The topological polar surface area (TPSA) is 9.23 Å². The highest BCUT2D eigenvalue weighted by Gasteiger charge is 2.32. The van der Waals surface area contributed by atoms with Crippen molar-refractivity contribution in [1.82, 2.24) is 0 Å². The molecule has 0 spiro atoms. The summed E-state index contributed by atoms with van der Waals surface area (Å²) in [5.41, 5.74) is 0.541. The third kappa shape index (κ3) is 7.41. The quantitative estimate of drug-likeness (QED) is 0.404. The summed E-state index contributed by atoms with van der Waals surface area (Å²) >= 11 is 0. The van der Waals surface area contributed by atoms with E-state index < -0.39 is 0 Å². The zero-order chi connectivity index (χ0) is 13.1. The minimum absolute atomic E-state index is 0.541. The normalized spacial score (nSPS) is 17.7. The third-order valence-electron chi connectivity index (χ3n) is 4.28. The standard InChI is InChI=1S/C17H34O/c1-3-4-5-6-7-8-9-10-11-12-13-14-17(2)15-18-16-17/h3-16H2,1-2H3. The Hall–Kier alpha value is -0.0400. The van der Waals surface area contributed by atoms with Gasteiger partial charge in [0.25, 0.3) is 0 Å². The Kier molecular flexibility index (Phi) is 8.75. The summed E-state index contributed by atoms with van der Waals surface area (Å²) in [6.07, 6.45) is 17.3. The van der Waals surface area contributed by atoms with Gasteiger partial charge in [-0.1, -0.05) is 84.5 Å². The van der Waals surface area contributed by atoms with E-state index in [1.807, 2.05) is 0 Å². The lowest BCUT2D eigenvalue weighted by Crippen LogP contribution is -2.39.